The van der Waals surface area contributed by atoms with Gasteiger partial charge >= 0.3 is 0 Å². The second kappa shape index (κ2) is 11.0. The monoisotopic (exact) mass is 418 g/mol. The fourth-order valence-corrected chi connectivity index (χ4v) is 2.94. The number of aryl methyl sites for hydroxylation is 1. The molecule has 0 aliphatic carbocycles. The number of anilines is 2. The average molecular weight is 419 g/mol. The van der Waals surface area contributed by atoms with Crippen LogP contribution in [-0.4, -0.2) is 36.1 Å². The molecule has 31 heavy (non-hydrogen) atoms. The van der Waals surface area contributed by atoms with Gasteiger partial charge in [0.15, 0.2) is 6.23 Å². The first-order valence-electron chi connectivity index (χ1n) is 9.93. The normalized spacial score (nSPS) is 12.5. The van der Waals surface area contributed by atoms with Gasteiger partial charge in [-0.2, -0.15) is 15.3 Å². The lowest BCUT2D eigenvalue weighted by molar-refractivity contribution is 0.179. The molecule has 1 atom stereocenters. The van der Waals surface area contributed by atoms with E-state index in [1.165, 1.54) is 0 Å². The Balaban J connectivity index is 1.71. The quantitative estimate of drug-likeness (QED) is 0.338. The zero-order valence-electron chi connectivity index (χ0n) is 17.3. The van der Waals surface area contributed by atoms with Gasteiger partial charge in [-0.25, -0.2) is 0 Å². The Morgan fingerprint density at radius 2 is 1.61 bits per heavy atom. The van der Waals surface area contributed by atoms with Crippen molar-refractivity contribution in [3.8, 4) is 0 Å². The minimum atomic E-state index is -1.03. The van der Waals surface area contributed by atoms with Gasteiger partial charge < -0.3 is 20.8 Å². The maximum Gasteiger partial charge on any atom is 0.183 e. The second-order valence-corrected chi connectivity index (χ2v) is 6.93. The molecule has 4 N–H and O–H groups in total. The summed E-state index contributed by atoms with van der Waals surface area (Å²) >= 11 is 0. The van der Waals surface area contributed by atoms with Crippen LogP contribution >= 0.6 is 0 Å². The van der Waals surface area contributed by atoms with Crippen LogP contribution in [-0.2, 0) is 0 Å². The molecule has 0 amide bonds. The fraction of sp³-hybridized carbons (Fsp3) is 0.217. The molecule has 0 fully saturated rings. The van der Waals surface area contributed by atoms with E-state index < -0.39 is 6.23 Å². The maximum absolute atomic E-state index is 10.3. The van der Waals surface area contributed by atoms with Crippen LogP contribution in [0.4, 0.5) is 28.4 Å². The van der Waals surface area contributed by atoms with Crippen LogP contribution in [0.3, 0.4) is 0 Å². The van der Waals surface area contributed by atoms with Crippen molar-refractivity contribution in [2.24, 2.45) is 20.5 Å². The van der Waals surface area contributed by atoms with Gasteiger partial charge in [-0.1, -0.05) is 30.3 Å². The van der Waals surface area contributed by atoms with Crippen LogP contribution in [0.5, 0.6) is 0 Å². The van der Waals surface area contributed by atoms with Gasteiger partial charge in [0.25, 0.3) is 0 Å². The predicted octanol–water partition coefficient (Wildman–Crippen LogP) is 4.89. The van der Waals surface area contributed by atoms with Crippen LogP contribution in [0, 0.1) is 6.92 Å². The van der Waals surface area contributed by atoms with Crippen molar-refractivity contribution in [3.63, 3.8) is 0 Å². The molecule has 0 radical (unpaired) electrons. The molecular weight excluding hydrogens is 392 g/mol. The zero-order valence-corrected chi connectivity index (χ0v) is 17.3. The Morgan fingerprint density at radius 3 is 2.32 bits per heavy atom. The van der Waals surface area contributed by atoms with E-state index in [9.17, 15) is 10.2 Å². The Kier molecular flexibility index (Phi) is 7.80. The lowest BCUT2D eigenvalue weighted by atomic mass is 10.1. The van der Waals surface area contributed by atoms with Crippen LogP contribution in [0.15, 0.2) is 93.3 Å². The molecule has 8 nitrogen and oxygen atoms in total. The van der Waals surface area contributed by atoms with E-state index in [4.69, 9.17) is 5.73 Å². The van der Waals surface area contributed by atoms with Crippen molar-refractivity contribution in [2.75, 3.05) is 30.3 Å². The number of para-hydroxylation sites is 1. The maximum atomic E-state index is 10.3. The second-order valence-electron chi connectivity index (χ2n) is 6.93. The summed E-state index contributed by atoms with van der Waals surface area (Å²) in [7, 11) is 0. The summed E-state index contributed by atoms with van der Waals surface area (Å²) in [5, 5.41) is 36.3. The molecule has 3 aromatic carbocycles. The van der Waals surface area contributed by atoms with Gasteiger partial charge in [0.2, 0.25) is 0 Å². The highest BCUT2D eigenvalue weighted by Gasteiger charge is 2.13. The van der Waals surface area contributed by atoms with Gasteiger partial charge in [-0.05, 0) is 55.0 Å². The molecule has 0 spiro atoms. The van der Waals surface area contributed by atoms with Crippen molar-refractivity contribution in [3.05, 3.63) is 78.4 Å². The predicted molar refractivity (Wildman–Crippen MR) is 122 cm³/mol. The van der Waals surface area contributed by atoms with Crippen LogP contribution < -0.4 is 10.6 Å². The first-order valence-corrected chi connectivity index (χ1v) is 9.93. The number of nitrogens with two attached hydrogens (primary N) is 1. The minimum Gasteiger partial charge on any atom is -0.397 e. The van der Waals surface area contributed by atoms with Crippen molar-refractivity contribution in [1.82, 2.24) is 0 Å². The highest BCUT2D eigenvalue weighted by molar-refractivity contribution is 5.62. The Hall–Kier alpha value is -3.62. The summed E-state index contributed by atoms with van der Waals surface area (Å²) in [4.78, 5) is 1.85. The van der Waals surface area contributed by atoms with E-state index in [0.29, 0.717) is 29.3 Å². The number of benzene rings is 3. The van der Waals surface area contributed by atoms with Gasteiger partial charge in [0, 0.05) is 12.2 Å². The molecule has 0 saturated carbocycles. The van der Waals surface area contributed by atoms with Crippen LogP contribution in [0.1, 0.15) is 5.56 Å². The Morgan fingerprint density at radius 1 is 0.903 bits per heavy atom. The van der Waals surface area contributed by atoms with Crippen LogP contribution in [0.2, 0.25) is 0 Å². The van der Waals surface area contributed by atoms with Crippen molar-refractivity contribution in [2.45, 2.75) is 13.2 Å². The largest absolute Gasteiger partial charge is 0.397 e. The highest BCUT2D eigenvalue weighted by atomic mass is 16.3. The van der Waals surface area contributed by atoms with Crippen molar-refractivity contribution < 1.29 is 10.2 Å². The van der Waals surface area contributed by atoms with E-state index in [1.54, 1.807) is 24.3 Å². The van der Waals surface area contributed by atoms with Gasteiger partial charge in [-0.3, -0.25) is 0 Å². The molecule has 160 valence electrons. The number of hydrogen-bond acceptors (Lipinski definition) is 8. The van der Waals surface area contributed by atoms with Gasteiger partial charge in [0.05, 0.1) is 30.2 Å². The number of nitrogens with zero attached hydrogens (tertiary/aromatic N) is 5. The Bertz CT molecular complexity index is 1040. The van der Waals surface area contributed by atoms with E-state index >= 15 is 0 Å². The lowest BCUT2D eigenvalue weighted by Gasteiger charge is -2.25. The highest BCUT2D eigenvalue weighted by Crippen LogP contribution is 2.28. The summed E-state index contributed by atoms with van der Waals surface area (Å²) in [6.45, 7) is 2.40. The third-order valence-electron chi connectivity index (χ3n) is 4.56. The molecule has 1 unspecified atom stereocenters. The van der Waals surface area contributed by atoms with E-state index in [0.717, 1.165) is 11.3 Å². The van der Waals surface area contributed by atoms with Gasteiger partial charge in [-0.15, -0.1) is 5.11 Å². The van der Waals surface area contributed by atoms with Gasteiger partial charge in [0.1, 0.15) is 5.69 Å². The summed E-state index contributed by atoms with van der Waals surface area (Å²) in [5.74, 6) is 0. The SMILES string of the molecule is Cc1cc(N(CCO)CC(O)N=Nc2ccccc2)ccc1N=Nc1ccccc1N. The first-order chi connectivity index (χ1) is 15.1. The summed E-state index contributed by atoms with van der Waals surface area (Å²) < 4.78 is 0. The summed E-state index contributed by atoms with van der Waals surface area (Å²) in [5.41, 5.74) is 10.2. The molecule has 0 saturated heterocycles. The first kappa shape index (κ1) is 22.1. The van der Waals surface area contributed by atoms with E-state index in [2.05, 4.69) is 20.5 Å². The molecule has 0 bridgehead atoms. The summed E-state index contributed by atoms with van der Waals surface area (Å²) in [6.07, 6.45) is -1.03. The molecule has 8 heteroatoms. The number of aliphatic hydroxyl groups is 2. The smallest absolute Gasteiger partial charge is 0.183 e. The molecule has 3 rings (SSSR count). The number of aliphatic hydroxyl groups excluding tert-OH is 2. The molecular formula is C23H26N6O2. The van der Waals surface area contributed by atoms with Crippen molar-refractivity contribution >= 4 is 28.4 Å². The number of hydrogen-bond donors (Lipinski definition) is 3. The number of nitrogen functional groups attached to an aromatic ring is 1. The third-order valence-corrected chi connectivity index (χ3v) is 4.56. The minimum absolute atomic E-state index is 0.0592. The standard InChI is InChI=1S/C23H26N6O2/c1-17-15-19(11-12-21(17)26-27-22-10-6-5-9-20(22)24)29(13-14-30)16-23(31)28-25-18-7-3-2-4-8-18/h2-12,15,23,30-31H,13-14,16,24H2,1H3. The molecule has 0 heterocycles. The van der Waals surface area contributed by atoms with E-state index in [-0.39, 0.29) is 13.2 Å². The molecule has 0 aliphatic heterocycles. The van der Waals surface area contributed by atoms with Crippen molar-refractivity contribution in [1.29, 1.82) is 0 Å². The third kappa shape index (κ3) is 6.43. The molecule has 3 aromatic rings. The fourth-order valence-electron chi connectivity index (χ4n) is 2.94. The summed E-state index contributed by atoms with van der Waals surface area (Å²) in [6, 6.07) is 22.1. The average Bonchev–Trinajstić information content (AvgIpc) is 2.78. The molecule has 0 aromatic heterocycles. The zero-order chi connectivity index (χ0) is 22.1. The van der Waals surface area contributed by atoms with E-state index in [1.807, 2.05) is 60.4 Å². The lowest BCUT2D eigenvalue weighted by Crippen LogP contribution is -2.33. The van der Waals surface area contributed by atoms with Crippen LogP contribution in [0.25, 0.3) is 0 Å². The number of rotatable bonds is 9. The number of azo groups is 2. The Labute approximate surface area is 181 Å². The molecule has 0 aliphatic rings. The topological polar surface area (TPSA) is 119 Å².